The number of amides is 3. The van der Waals surface area contributed by atoms with Crippen molar-refractivity contribution in [2.75, 3.05) is 7.05 Å². The van der Waals surface area contributed by atoms with Gasteiger partial charge in [-0.3, -0.25) is 19.7 Å². The molecule has 9 heteroatoms. The van der Waals surface area contributed by atoms with Crippen molar-refractivity contribution in [1.29, 1.82) is 0 Å². The highest BCUT2D eigenvalue weighted by atomic mass is 32.2. The molecule has 0 spiro atoms. The number of nitrogens with one attached hydrogen (secondary N) is 2. The highest BCUT2D eigenvalue weighted by molar-refractivity contribution is 8.00. The number of carbonyl (C=O) groups is 2. The largest absolute Gasteiger partial charge is 0.341 e. The van der Waals surface area contributed by atoms with E-state index in [4.69, 9.17) is 0 Å². The van der Waals surface area contributed by atoms with E-state index in [9.17, 15) is 9.59 Å². The molecule has 0 saturated heterocycles. The number of imide groups is 1. The normalized spacial score (nSPS) is 20.4. The van der Waals surface area contributed by atoms with Gasteiger partial charge in [0.15, 0.2) is 11.0 Å². The van der Waals surface area contributed by atoms with Crippen LogP contribution in [0, 0.1) is 5.92 Å². The molecule has 28 heavy (non-hydrogen) atoms. The fourth-order valence-corrected chi connectivity index (χ4v) is 4.42. The van der Waals surface area contributed by atoms with Gasteiger partial charge in [-0.15, -0.1) is 10.2 Å². The van der Waals surface area contributed by atoms with E-state index in [0.717, 1.165) is 30.7 Å². The summed E-state index contributed by atoms with van der Waals surface area (Å²) in [5.41, 5.74) is 0.905. The fraction of sp³-hybridized carbons (Fsp3) is 0.526. The molecule has 1 fully saturated rings. The molecule has 0 radical (unpaired) electrons. The number of urea groups is 1. The Bertz CT molecular complexity index is 825. The fourth-order valence-electron chi connectivity index (χ4n) is 3.52. The Labute approximate surface area is 168 Å². The van der Waals surface area contributed by atoms with Crippen molar-refractivity contribution >= 4 is 23.7 Å². The van der Waals surface area contributed by atoms with E-state index in [1.54, 1.807) is 19.3 Å². The molecule has 3 rings (SSSR count). The van der Waals surface area contributed by atoms with Crippen LogP contribution in [0.15, 0.2) is 29.7 Å². The number of rotatable bonds is 5. The minimum absolute atomic E-state index is 0.274. The maximum absolute atomic E-state index is 12.3. The summed E-state index contributed by atoms with van der Waals surface area (Å²) in [7, 11) is 1.47. The van der Waals surface area contributed by atoms with Crippen LogP contribution < -0.4 is 10.6 Å². The Kier molecular flexibility index (Phi) is 6.66. The Morgan fingerprint density at radius 3 is 2.75 bits per heavy atom. The SMILES string of the molecule is CNC(=O)NC(=O)[C@H](C)Sc1nnc(-c2cccnc2)n1[C@@H]1CCCC[C@@H]1C. The standard InChI is InChI=1S/C19H26N6O2S/c1-12-7-4-5-9-15(12)25-16(14-8-6-10-21-11-14)23-24-19(25)28-13(2)17(26)22-18(27)20-3/h6,8,10-13,15H,4-5,7,9H2,1-3H3,(H2,20,22,26,27)/t12-,13-,15+/m0/s1. The van der Waals surface area contributed by atoms with E-state index in [0.29, 0.717) is 11.1 Å². The molecule has 8 nitrogen and oxygen atoms in total. The van der Waals surface area contributed by atoms with Gasteiger partial charge in [-0.2, -0.15) is 0 Å². The summed E-state index contributed by atoms with van der Waals surface area (Å²) in [5.74, 6) is 0.904. The molecule has 2 heterocycles. The number of hydrogen-bond donors (Lipinski definition) is 2. The van der Waals surface area contributed by atoms with Crippen LogP contribution in [-0.4, -0.2) is 44.0 Å². The van der Waals surface area contributed by atoms with Crippen molar-refractivity contribution in [3.63, 3.8) is 0 Å². The molecule has 0 aromatic carbocycles. The lowest BCUT2D eigenvalue weighted by atomic mass is 9.85. The number of thioether (sulfide) groups is 1. The summed E-state index contributed by atoms with van der Waals surface area (Å²) < 4.78 is 2.16. The highest BCUT2D eigenvalue weighted by Gasteiger charge is 2.30. The zero-order valence-electron chi connectivity index (χ0n) is 16.4. The van der Waals surface area contributed by atoms with Crippen LogP contribution in [0.3, 0.4) is 0 Å². The molecule has 3 amide bonds. The van der Waals surface area contributed by atoms with E-state index in [1.165, 1.54) is 25.2 Å². The first kappa shape index (κ1) is 20.3. The van der Waals surface area contributed by atoms with Crippen molar-refractivity contribution in [1.82, 2.24) is 30.4 Å². The summed E-state index contributed by atoms with van der Waals surface area (Å²) in [6, 6.07) is 3.61. The van der Waals surface area contributed by atoms with Crippen LogP contribution in [0.25, 0.3) is 11.4 Å². The summed E-state index contributed by atoms with van der Waals surface area (Å²) in [4.78, 5) is 27.9. The van der Waals surface area contributed by atoms with Crippen LogP contribution in [0.1, 0.15) is 45.6 Å². The van der Waals surface area contributed by atoms with Gasteiger partial charge in [0.05, 0.1) is 5.25 Å². The van der Waals surface area contributed by atoms with Gasteiger partial charge in [-0.05, 0) is 37.8 Å². The van der Waals surface area contributed by atoms with Gasteiger partial charge in [0.2, 0.25) is 5.91 Å². The van der Waals surface area contributed by atoms with E-state index in [1.807, 2.05) is 12.1 Å². The van der Waals surface area contributed by atoms with E-state index >= 15 is 0 Å². The number of aromatic nitrogens is 4. The molecular weight excluding hydrogens is 376 g/mol. The smallest absolute Gasteiger partial charge is 0.321 e. The predicted molar refractivity (Wildman–Crippen MR) is 108 cm³/mol. The Hall–Kier alpha value is -2.42. The molecule has 1 saturated carbocycles. The molecule has 2 N–H and O–H groups in total. The van der Waals surface area contributed by atoms with Crippen molar-refractivity contribution in [2.45, 2.75) is 56.0 Å². The van der Waals surface area contributed by atoms with Crippen LogP contribution in [0.5, 0.6) is 0 Å². The van der Waals surface area contributed by atoms with E-state index in [-0.39, 0.29) is 11.9 Å². The number of nitrogens with zero attached hydrogens (tertiary/aromatic N) is 4. The maximum atomic E-state index is 12.3. The molecule has 1 aliphatic rings. The lowest BCUT2D eigenvalue weighted by Gasteiger charge is -2.31. The lowest BCUT2D eigenvalue weighted by Crippen LogP contribution is -2.41. The van der Waals surface area contributed by atoms with Crippen LogP contribution in [0.2, 0.25) is 0 Å². The number of hydrogen-bond acceptors (Lipinski definition) is 6. The van der Waals surface area contributed by atoms with Gasteiger partial charge in [-0.1, -0.05) is 31.5 Å². The van der Waals surface area contributed by atoms with Crippen LogP contribution in [0.4, 0.5) is 4.79 Å². The van der Waals surface area contributed by atoms with Gasteiger partial charge in [0.25, 0.3) is 0 Å². The average Bonchev–Trinajstić information content (AvgIpc) is 3.12. The first-order valence-electron chi connectivity index (χ1n) is 9.55. The van der Waals surface area contributed by atoms with Gasteiger partial charge in [0.1, 0.15) is 0 Å². The number of carbonyl (C=O) groups excluding carboxylic acids is 2. The quantitative estimate of drug-likeness (QED) is 0.746. The van der Waals surface area contributed by atoms with E-state index < -0.39 is 11.3 Å². The van der Waals surface area contributed by atoms with Gasteiger partial charge >= 0.3 is 6.03 Å². The molecule has 2 aromatic rings. The number of pyridine rings is 1. The third-order valence-corrected chi connectivity index (χ3v) is 6.15. The lowest BCUT2D eigenvalue weighted by molar-refractivity contribution is -0.119. The molecule has 150 valence electrons. The Morgan fingerprint density at radius 1 is 1.29 bits per heavy atom. The first-order valence-corrected chi connectivity index (χ1v) is 10.4. The van der Waals surface area contributed by atoms with Crippen molar-refractivity contribution in [3.05, 3.63) is 24.5 Å². The summed E-state index contributed by atoms with van der Waals surface area (Å²) in [6.07, 6.45) is 8.12. The molecule has 0 bridgehead atoms. The molecular formula is C19H26N6O2S. The van der Waals surface area contributed by atoms with E-state index in [2.05, 4.69) is 37.3 Å². The van der Waals surface area contributed by atoms with Crippen LogP contribution >= 0.6 is 11.8 Å². The Morgan fingerprint density at radius 2 is 2.07 bits per heavy atom. The monoisotopic (exact) mass is 402 g/mol. The second-order valence-corrected chi connectivity index (χ2v) is 8.38. The molecule has 3 atom stereocenters. The van der Waals surface area contributed by atoms with Gasteiger partial charge in [-0.25, -0.2) is 4.79 Å². The van der Waals surface area contributed by atoms with Crippen molar-refractivity contribution in [3.8, 4) is 11.4 Å². The second-order valence-electron chi connectivity index (χ2n) is 7.08. The zero-order valence-corrected chi connectivity index (χ0v) is 17.2. The van der Waals surface area contributed by atoms with Gasteiger partial charge in [0, 0.05) is 31.0 Å². The summed E-state index contributed by atoms with van der Waals surface area (Å²) in [6.45, 7) is 4.02. The highest BCUT2D eigenvalue weighted by Crippen LogP contribution is 2.39. The first-order chi connectivity index (χ1) is 13.5. The molecule has 1 aliphatic carbocycles. The summed E-state index contributed by atoms with van der Waals surface area (Å²) >= 11 is 1.32. The molecule has 2 aromatic heterocycles. The predicted octanol–water partition coefficient (Wildman–Crippen LogP) is 3.03. The van der Waals surface area contributed by atoms with Gasteiger partial charge < -0.3 is 5.32 Å². The third kappa shape index (κ3) is 4.52. The zero-order chi connectivity index (χ0) is 20.1. The molecule has 0 aliphatic heterocycles. The second kappa shape index (κ2) is 9.18. The minimum atomic E-state index is -0.518. The third-order valence-electron chi connectivity index (χ3n) is 5.10. The average molecular weight is 403 g/mol. The summed E-state index contributed by atoms with van der Waals surface area (Å²) in [5, 5.41) is 13.7. The topological polar surface area (TPSA) is 102 Å². The maximum Gasteiger partial charge on any atom is 0.321 e. The van der Waals surface area contributed by atoms with Crippen LogP contribution in [-0.2, 0) is 4.79 Å². The Balaban J connectivity index is 1.91. The molecule has 0 unspecified atom stereocenters. The minimum Gasteiger partial charge on any atom is -0.341 e. The van der Waals surface area contributed by atoms with Crippen molar-refractivity contribution < 1.29 is 9.59 Å². The van der Waals surface area contributed by atoms with Crippen molar-refractivity contribution in [2.24, 2.45) is 5.92 Å².